The summed E-state index contributed by atoms with van der Waals surface area (Å²) in [5.41, 5.74) is 3.52. The molecule has 0 saturated carbocycles. The normalized spacial score (nSPS) is 11.4. The van der Waals surface area contributed by atoms with E-state index in [-0.39, 0.29) is 32.5 Å². The summed E-state index contributed by atoms with van der Waals surface area (Å²) in [5.74, 6) is -1.04. The molecule has 5 aromatic rings. The van der Waals surface area contributed by atoms with Crippen LogP contribution in [0.3, 0.4) is 0 Å². The minimum atomic E-state index is -3.84. The Morgan fingerprint density at radius 1 is 0.791 bits per heavy atom. The number of anilines is 1. The second-order valence-electron chi connectivity index (χ2n) is 9.05. The third kappa shape index (κ3) is 7.15. The van der Waals surface area contributed by atoms with Gasteiger partial charge in [0.1, 0.15) is 5.75 Å². The minimum Gasteiger partial charge on any atom is -0.422 e. The molecule has 2 N–H and O–H groups in total. The Labute approximate surface area is 261 Å². The number of ether oxygens (including phenoxy) is 1. The second-order valence-corrected chi connectivity index (χ2v) is 12.0. The molecular formula is C31H20Cl3N3O5S. The van der Waals surface area contributed by atoms with Gasteiger partial charge in [0.2, 0.25) is 0 Å². The van der Waals surface area contributed by atoms with Crippen molar-refractivity contribution in [3.05, 3.63) is 135 Å². The molecular weight excluding hydrogens is 633 g/mol. The van der Waals surface area contributed by atoms with E-state index in [1.54, 1.807) is 12.1 Å². The van der Waals surface area contributed by atoms with Crippen LogP contribution in [0.4, 0.5) is 5.69 Å². The van der Waals surface area contributed by atoms with Crippen molar-refractivity contribution in [2.45, 2.75) is 4.90 Å². The highest BCUT2D eigenvalue weighted by atomic mass is 35.5. The topological polar surface area (TPSA) is 114 Å². The molecule has 5 aromatic carbocycles. The average Bonchev–Trinajstić information content (AvgIpc) is 2.98. The molecule has 0 saturated heterocycles. The van der Waals surface area contributed by atoms with Crippen molar-refractivity contribution in [1.29, 1.82) is 0 Å². The van der Waals surface area contributed by atoms with Crippen LogP contribution in [0.2, 0.25) is 15.1 Å². The molecule has 1 amide bonds. The number of hydrogen-bond acceptors (Lipinski definition) is 6. The van der Waals surface area contributed by atoms with Gasteiger partial charge in [0, 0.05) is 26.9 Å². The van der Waals surface area contributed by atoms with Crippen molar-refractivity contribution >= 4 is 79.4 Å². The first kappa shape index (κ1) is 30.1. The number of rotatable bonds is 8. The highest BCUT2D eigenvalue weighted by Crippen LogP contribution is 2.29. The first-order valence-electron chi connectivity index (χ1n) is 12.5. The third-order valence-electron chi connectivity index (χ3n) is 6.17. The van der Waals surface area contributed by atoms with Crippen molar-refractivity contribution in [2.75, 3.05) is 4.72 Å². The van der Waals surface area contributed by atoms with Gasteiger partial charge in [-0.05, 0) is 83.6 Å². The number of amides is 1. The van der Waals surface area contributed by atoms with Crippen molar-refractivity contribution in [1.82, 2.24) is 5.43 Å². The molecule has 0 aliphatic rings. The smallest absolute Gasteiger partial charge is 0.345 e. The Kier molecular flexibility index (Phi) is 8.98. The van der Waals surface area contributed by atoms with Gasteiger partial charge < -0.3 is 4.74 Å². The number of fused-ring (bicyclic) bond motifs is 1. The SMILES string of the molecule is O=C(NN=Cc1c(OC(=O)c2ccc(Cl)cc2Cl)ccc2ccccc12)c1ccc(NS(=O)(=O)c2ccc(Cl)cc2)cc1. The van der Waals surface area contributed by atoms with Gasteiger partial charge in [0.25, 0.3) is 15.9 Å². The van der Waals surface area contributed by atoms with E-state index in [4.69, 9.17) is 39.5 Å². The summed E-state index contributed by atoms with van der Waals surface area (Å²) in [6.07, 6.45) is 1.38. The van der Waals surface area contributed by atoms with Crippen LogP contribution in [0.5, 0.6) is 5.75 Å². The summed E-state index contributed by atoms with van der Waals surface area (Å²) in [6, 6.07) is 26.8. The fourth-order valence-electron chi connectivity index (χ4n) is 4.05. The monoisotopic (exact) mass is 651 g/mol. The zero-order valence-corrected chi connectivity index (χ0v) is 25.0. The van der Waals surface area contributed by atoms with E-state index < -0.39 is 21.9 Å². The number of carbonyl (C=O) groups is 2. The van der Waals surface area contributed by atoms with Gasteiger partial charge in [-0.25, -0.2) is 18.6 Å². The van der Waals surface area contributed by atoms with Gasteiger partial charge >= 0.3 is 5.97 Å². The van der Waals surface area contributed by atoms with E-state index in [9.17, 15) is 18.0 Å². The fourth-order valence-corrected chi connectivity index (χ4v) is 5.72. The predicted octanol–water partition coefficient (Wildman–Crippen LogP) is 7.58. The average molecular weight is 653 g/mol. The summed E-state index contributed by atoms with van der Waals surface area (Å²) in [7, 11) is -3.84. The van der Waals surface area contributed by atoms with Crippen LogP contribution in [0.25, 0.3) is 10.8 Å². The predicted molar refractivity (Wildman–Crippen MR) is 169 cm³/mol. The first-order valence-corrected chi connectivity index (χ1v) is 15.1. The van der Waals surface area contributed by atoms with Crippen LogP contribution < -0.4 is 14.9 Å². The quantitative estimate of drug-likeness (QED) is 0.0776. The number of benzene rings is 5. The maximum atomic E-state index is 12.9. The van der Waals surface area contributed by atoms with E-state index in [0.717, 1.165) is 10.8 Å². The van der Waals surface area contributed by atoms with Gasteiger partial charge in [0.15, 0.2) is 0 Å². The lowest BCUT2D eigenvalue weighted by Crippen LogP contribution is -2.18. The molecule has 0 bridgehead atoms. The minimum absolute atomic E-state index is 0.0443. The molecule has 0 unspecified atom stereocenters. The molecule has 5 rings (SSSR count). The number of hydrazone groups is 1. The number of sulfonamides is 1. The second kappa shape index (κ2) is 12.8. The lowest BCUT2D eigenvalue weighted by atomic mass is 10.0. The van der Waals surface area contributed by atoms with Crippen LogP contribution in [0, 0.1) is 0 Å². The Balaban J connectivity index is 1.32. The van der Waals surface area contributed by atoms with Crippen molar-refractivity contribution in [2.24, 2.45) is 5.10 Å². The molecule has 0 heterocycles. The van der Waals surface area contributed by atoms with Gasteiger partial charge in [0.05, 0.1) is 21.7 Å². The Bertz CT molecular complexity index is 1980. The maximum Gasteiger partial charge on any atom is 0.345 e. The van der Waals surface area contributed by atoms with Crippen LogP contribution in [0.1, 0.15) is 26.3 Å². The van der Waals surface area contributed by atoms with Gasteiger partial charge in [-0.3, -0.25) is 9.52 Å². The van der Waals surface area contributed by atoms with E-state index in [2.05, 4.69) is 15.2 Å². The maximum absolute atomic E-state index is 12.9. The van der Waals surface area contributed by atoms with Crippen molar-refractivity contribution in [3.8, 4) is 5.75 Å². The van der Waals surface area contributed by atoms with Gasteiger partial charge in [-0.15, -0.1) is 0 Å². The van der Waals surface area contributed by atoms with E-state index in [1.165, 1.54) is 72.9 Å². The highest BCUT2D eigenvalue weighted by Gasteiger charge is 2.17. The zero-order valence-electron chi connectivity index (χ0n) is 21.9. The Morgan fingerprint density at radius 2 is 1.49 bits per heavy atom. The van der Waals surface area contributed by atoms with Crippen LogP contribution in [0.15, 0.2) is 113 Å². The van der Waals surface area contributed by atoms with Crippen LogP contribution in [-0.4, -0.2) is 26.5 Å². The van der Waals surface area contributed by atoms with Crippen molar-refractivity contribution in [3.63, 3.8) is 0 Å². The molecule has 216 valence electrons. The van der Waals surface area contributed by atoms with Crippen LogP contribution in [-0.2, 0) is 10.0 Å². The largest absolute Gasteiger partial charge is 0.422 e. The fraction of sp³-hybridized carbons (Fsp3) is 0. The molecule has 0 aromatic heterocycles. The standard InChI is InChI=1S/C31H20Cl3N3O5S/c32-21-8-13-24(14-9-21)43(40,41)37-23-11-5-20(6-12-23)30(38)36-35-18-27-25-4-2-1-3-19(25)7-16-29(27)42-31(39)26-15-10-22(33)17-28(26)34/h1-18,37H,(H,36,38). The highest BCUT2D eigenvalue weighted by molar-refractivity contribution is 7.92. The summed E-state index contributed by atoms with van der Waals surface area (Å²) in [5, 5.41) is 6.61. The zero-order chi connectivity index (χ0) is 30.6. The summed E-state index contributed by atoms with van der Waals surface area (Å²) < 4.78 is 33.3. The molecule has 0 aliphatic carbocycles. The molecule has 12 heteroatoms. The summed E-state index contributed by atoms with van der Waals surface area (Å²) in [6.45, 7) is 0. The number of nitrogens with zero attached hydrogens (tertiary/aromatic N) is 1. The lowest BCUT2D eigenvalue weighted by molar-refractivity contribution is 0.0734. The number of hydrogen-bond donors (Lipinski definition) is 2. The molecule has 0 aliphatic heterocycles. The third-order valence-corrected chi connectivity index (χ3v) is 8.36. The van der Waals surface area contributed by atoms with Crippen LogP contribution >= 0.6 is 34.8 Å². The first-order chi connectivity index (χ1) is 20.6. The number of carbonyl (C=O) groups excluding carboxylic acids is 2. The van der Waals surface area contributed by atoms with E-state index in [1.807, 2.05) is 24.3 Å². The Morgan fingerprint density at radius 3 is 2.21 bits per heavy atom. The van der Waals surface area contributed by atoms with E-state index in [0.29, 0.717) is 15.6 Å². The Hall–Kier alpha value is -4.41. The lowest BCUT2D eigenvalue weighted by Gasteiger charge is -2.11. The number of halogens is 3. The molecule has 0 atom stereocenters. The van der Waals surface area contributed by atoms with Gasteiger partial charge in [-0.1, -0.05) is 65.1 Å². The number of esters is 1. The number of nitrogens with one attached hydrogen (secondary N) is 2. The summed E-state index contributed by atoms with van der Waals surface area (Å²) in [4.78, 5) is 25.7. The molecule has 0 spiro atoms. The molecule has 43 heavy (non-hydrogen) atoms. The van der Waals surface area contributed by atoms with E-state index >= 15 is 0 Å². The molecule has 0 fully saturated rings. The molecule has 0 radical (unpaired) electrons. The molecule has 8 nitrogen and oxygen atoms in total. The van der Waals surface area contributed by atoms with Gasteiger partial charge in [-0.2, -0.15) is 5.10 Å². The summed E-state index contributed by atoms with van der Waals surface area (Å²) >= 11 is 18.0. The van der Waals surface area contributed by atoms with Crippen molar-refractivity contribution < 1.29 is 22.7 Å².